The molecule has 0 atom stereocenters. The number of hydrogen-bond donors (Lipinski definition) is 1. The predicted octanol–water partition coefficient (Wildman–Crippen LogP) is 7.13. The number of benzene rings is 2. The minimum atomic E-state index is -0.428. The van der Waals surface area contributed by atoms with Gasteiger partial charge in [0.2, 0.25) is 5.91 Å². The van der Waals surface area contributed by atoms with Crippen molar-refractivity contribution in [1.29, 1.82) is 0 Å². The molecule has 162 valence electrons. The molecule has 8 heteroatoms. The Bertz CT molecular complexity index is 1040. The van der Waals surface area contributed by atoms with Crippen LogP contribution in [0.25, 0.3) is 0 Å². The Morgan fingerprint density at radius 3 is 2.45 bits per heavy atom. The molecular weight excluding hydrogens is 473 g/mol. The van der Waals surface area contributed by atoms with Crippen molar-refractivity contribution in [3.8, 4) is 0 Å². The van der Waals surface area contributed by atoms with Crippen LogP contribution in [-0.4, -0.2) is 28.1 Å². The first-order valence-electron chi connectivity index (χ1n) is 10.2. The van der Waals surface area contributed by atoms with Gasteiger partial charge in [-0.2, -0.15) is 0 Å². The fourth-order valence-corrected chi connectivity index (χ4v) is 5.07. The quantitative estimate of drug-likeness (QED) is 0.491. The second-order valence-electron chi connectivity index (χ2n) is 8.01. The van der Waals surface area contributed by atoms with E-state index in [1.807, 2.05) is 12.1 Å². The van der Waals surface area contributed by atoms with Crippen LogP contribution in [0.5, 0.6) is 0 Å². The predicted molar refractivity (Wildman–Crippen MR) is 133 cm³/mol. The standard InChI is InChI=1S/C23H22Cl3N3OS/c1-14-8-10-23(11-9-14)28-21(15-2-7-18(25)19(26)12-15)22(29-23)31-13-20(30)27-17-5-3-16(24)4-6-17/h2-7,12,14H,8-11,13H2,1H3,(H,27,30). The van der Waals surface area contributed by atoms with Gasteiger partial charge in [-0.05, 0) is 68.0 Å². The molecule has 0 unspecified atom stereocenters. The third kappa shape index (κ3) is 5.46. The average molecular weight is 495 g/mol. The maximum Gasteiger partial charge on any atom is 0.234 e. The highest BCUT2D eigenvalue weighted by atomic mass is 35.5. The number of halogens is 3. The summed E-state index contributed by atoms with van der Waals surface area (Å²) in [5.41, 5.74) is 1.94. The van der Waals surface area contributed by atoms with E-state index >= 15 is 0 Å². The maximum absolute atomic E-state index is 12.5. The first-order valence-corrected chi connectivity index (χ1v) is 12.3. The molecule has 0 radical (unpaired) electrons. The molecule has 1 aliphatic heterocycles. The lowest BCUT2D eigenvalue weighted by Gasteiger charge is -2.30. The van der Waals surface area contributed by atoms with Gasteiger partial charge in [0.05, 0.1) is 21.5 Å². The molecule has 31 heavy (non-hydrogen) atoms. The van der Waals surface area contributed by atoms with Gasteiger partial charge >= 0.3 is 0 Å². The zero-order chi connectivity index (χ0) is 22.0. The van der Waals surface area contributed by atoms with Crippen molar-refractivity contribution in [2.24, 2.45) is 15.9 Å². The molecule has 2 aliphatic rings. The molecule has 4 nitrogen and oxygen atoms in total. The van der Waals surface area contributed by atoms with Crippen LogP contribution in [0, 0.1) is 5.92 Å². The van der Waals surface area contributed by atoms with Crippen LogP contribution in [0.1, 0.15) is 38.2 Å². The first kappa shape index (κ1) is 22.7. The Labute approximate surface area is 201 Å². The minimum absolute atomic E-state index is 0.110. The molecule has 0 bridgehead atoms. The van der Waals surface area contributed by atoms with Crippen molar-refractivity contribution < 1.29 is 4.79 Å². The normalized spacial score (nSPS) is 22.9. The average Bonchev–Trinajstić information content (AvgIpc) is 3.11. The number of rotatable bonds is 4. The van der Waals surface area contributed by atoms with Crippen molar-refractivity contribution in [3.63, 3.8) is 0 Å². The van der Waals surface area contributed by atoms with Crippen LogP contribution < -0.4 is 5.32 Å². The second-order valence-corrected chi connectivity index (χ2v) is 10.2. The van der Waals surface area contributed by atoms with E-state index in [4.69, 9.17) is 44.8 Å². The summed E-state index contributed by atoms with van der Waals surface area (Å²) >= 11 is 19.7. The Balaban J connectivity index is 1.52. The van der Waals surface area contributed by atoms with Crippen LogP contribution >= 0.6 is 46.6 Å². The van der Waals surface area contributed by atoms with Gasteiger partial charge in [0, 0.05) is 16.3 Å². The van der Waals surface area contributed by atoms with E-state index in [2.05, 4.69) is 12.2 Å². The van der Waals surface area contributed by atoms with E-state index in [-0.39, 0.29) is 11.7 Å². The fourth-order valence-electron chi connectivity index (χ4n) is 3.77. The first-order chi connectivity index (χ1) is 14.8. The number of nitrogens with one attached hydrogen (secondary N) is 1. The molecule has 1 fully saturated rings. The van der Waals surface area contributed by atoms with Gasteiger partial charge in [0.1, 0.15) is 5.04 Å². The van der Waals surface area contributed by atoms with Crippen molar-refractivity contribution in [3.05, 3.63) is 63.1 Å². The number of amides is 1. The molecule has 0 saturated heterocycles. The zero-order valence-electron chi connectivity index (χ0n) is 17.0. The topological polar surface area (TPSA) is 53.8 Å². The Morgan fingerprint density at radius 2 is 1.77 bits per heavy atom. The number of carbonyl (C=O) groups is 1. The molecule has 2 aromatic rings. The Kier molecular flexibility index (Phi) is 6.97. The summed E-state index contributed by atoms with van der Waals surface area (Å²) in [6.45, 7) is 2.27. The van der Waals surface area contributed by atoms with Crippen LogP contribution in [0.2, 0.25) is 15.1 Å². The third-order valence-corrected chi connectivity index (χ3v) is 7.52. The molecule has 2 aromatic carbocycles. The summed E-state index contributed by atoms with van der Waals surface area (Å²) in [4.78, 5) is 22.6. The molecule has 1 heterocycles. The third-order valence-electron chi connectivity index (χ3n) is 5.57. The largest absolute Gasteiger partial charge is 0.325 e. The van der Waals surface area contributed by atoms with E-state index in [9.17, 15) is 4.79 Å². The van der Waals surface area contributed by atoms with E-state index in [0.717, 1.165) is 42.0 Å². The number of carbonyl (C=O) groups excluding carboxylic acids is 1. The summed E-state index contributed by atoms with van der Waals surface area (Å²) in [5.74, 6) is 0.807. The van der Waals surface area contributed by atoms with E-state index in [1.54, 1.807) is 30.3 Å². The second kappa shape index (κ2) is 9.53. The van der Waals surface area contributed by atoms with Crippen LogP contribution in [0.3, 0.4) is 0 Å². The van der Waals surface area contributed by atoms with Crippen LogP contribution in [-0.2, 0) is 4.79 Å². The van der Waals surface area contributed by atoms with Gasteiger partial charge < -0.3 is 5.32 Å². The van der Waals surface area contributed by atoms with Gasteiger partial charge in [-0.25, -0.2) is 4.99 Å². The summed E-state index contributed by atoms with van der Waals surface area (Å²) in [7, 11) is 0. The maximum atomic E-state index is 12.5. The van der Waals surface area contributed by atoms with Gasteiger partial charge in [-0.1, -0.05) is 59.6 Å². The Hall–Kier alpha value is -1.53. The SMILES string of the molecule is CC1CCC2(CC1)N=C(SCC(=O)Nc1ccc(Cl)cc1)C(c1ccc(Cl)c(Cl)c1)=N2. The van der Waals surface area contributed by atoms with Crippen molar-refractivity contribution in [2.75, 3.05) is 11.1 Å². The fraction of sp³-hybridized carbons (Fsp3) is 0.348. The minimum Gasteiger partial charge on any atom is -0.325 e. The summed E-state index contributed by atoms with van der Waals surface area (Å²) in [6.07, 6.45) is 4.02. The summed E-state index contributed by atoms with van der Waals surface area (Å²) < 4.78 is 0. The highest BCUT2D eigenvalue weighted by Gasteiger charge is 2.39. The number of anilines is 1. The molecule has 1 saturated carbocycles. The van der Waals surface area contributed by atoms with Gasteiger partial charge in [0.25, 0.3) is 0 Å². The van der Waals surface area contributed by atoms with Crippen LogP contribution in [0.15, 0.2) is 52.4 Å². The molecule has 4 rings (SSSR count). The lowest BCUT2D eigenvalue weighted by atomic mass is 9.83. The van der Waals surface area contributed by atoms with E-state index in [0.29, 0.717) is 26.7 Å². The number of hydrogen-bond acceptors (Lipinski definition) is 4. The summed E-state index contributed by atoms with van der Waals surface area (Å²) in [5, 5.41) is 5.27. The van der Waals surface area contributed by atoms with Gasteiger partial charge in [-0.3, -0.25) is 9.79 Å². The monoisotopic (exact) mass is 493 g/mol. The summed E-state index contributed by atoms with van der Waals surface area (Å²) in [6, 6.07) is 12.5. The lowest BCUT2D eigenvalue weighted by Crippen LogP contribution is -2.28. The van der Waals surface area contributed by atoms with Gasteiger partial charge in [-0.15, -0.1) is 0 Å². The molecule has 1 aliphatic carbocycles. The molecular formula is C23H22Cl3N3OS. The highest BCUT2D eigenvalue weighted by molar-refractivity contribution is 8.16. The number of aliphatic imine (C=N–C) groups is 2. The zero-order valence-corrected chi connectivity index (χ0v) is 20.1. The van der Waals surface area contributed by atoms with Crippen molar-refractivity contribution >= 4 is 68.9 Å². The number of nitrogens with zero attached hydrogens (tertiary/aromatic N) is 2. The molecule has 1 N–H and O–H groups in total. The smallest absolute Gasteiger partial charge is 0.234 e. The lowest BCUT2D eigenvalue weighted by molar-refractivity contribution is -0.113. The van der Waals surface area contributed by atoms with Crippen molar-refractivity contribution in [1.82, 2.24) is 0 Å². The van der Waals surface area contributed by atoms with Crippen LogP contribution in [0.4, 0.5) is 5.69 Å². The number of thioether (sulfide) groups is 1. The van der Waals surface area contributed by atoms with E-state index in [1.165, 1.54) is 11.8 Å². The van der Waals surface area contributed by atoms with Crippen molar-refractivity contribution in [2.45, 2.75) is 38.3 Å². The molecule has 0 aromatic heterocycles. The van der Waals surface area contributed by atoms with E-state index < -0.39 is 5.66 Å². The molecule has 1 spiro atoms. The molecule has 1 amide bonds. The van der Waals surface area contributed by atoms with Gasteiger partial charge in [0.15, 0.2) is 5.66 Å². The highest BCUT2D eigenvalue weighted by Crippen LogP contribution is 2.41. The Morgan fingerprint density at radius 1 is 1.06 bits per heavy atom.